The molecule has 2 aromatic heterocycles. The summed E-state index contributed by atoms with van der Waals surface area (Å²) in [6.07, 6.45) is 1.71. The quantitative estimate of drug-likeness (QED) is 0.781. The van der Waals surface area contributed by atoms with Crippen LogP contribution in [0.2, 0.25) is 0 Å². The maximum atomic E-state index is 9.41. The summed E-state index contributed by atoms with van der Waals surface area (Å²) in [6, 6.07) is 17.6. The summed E-state index contributed by atoms with van der Waals surface area (Å²) < 4.78 is 0. The van der Waals surface area contributed by atoms with Crippen LogP contribution in [0.5, 0.6) is 0 Å². The van der Waals surface area contributed by atoms with Crippen LogP contribution in [-0.4, -0.2) is 9.97 Å². The Morgan fingerprint density at radius 3 is 2.59 bits per heavy atom. The topological polar surface area (TPSA) is 75.6 Å². The van der Waals surface area contributed by atoms with Crippen molar-refractivity contribution in [2.24, 2.45) is 0 Å². The fourth-order valence-electron chi connectivity index (χ4n) is 2.37. The van der Waals surface area contributed by atoms with Crippen molar-refractivity contribution < 1.29 is 0 Å². The van der Waals surface area contributed by atoms with Crippen LogP contribution in [0.3, 0.4) is 0 Å². The summed E-state index contributed by atoms with van der Waals surface area (Å²) in [5.41, 5.74) is 10.6. The third-order valence-corrected chi connectivity index (χ3v) is 3.42. The highest BCUT2D eigenvalue weighted by molar-refractivity contribution is 5.79. The van der Waals surface area contributed by atoms with Gasteiger partial charge in [0.05, 0.1) is 11.4 Å². The van der Waals surface area contributed by atoms with Crippen molar-refractivity contribution >= 4 is 5.82 Å². The van der Waals surface area contributed by atoms with E-state index in [2.05, 4.69) is 16.0 Å². The van der Waals surface area contributed by atoms with E-state index in [4.69, 9.17) is 5.73 Å². The summed E-state index contributed by atoms with van der Waals surface area (Å²) in [5, 5.41) is 9.41. The lowest BCUT2D eigenvalue weighted by molar-refractivity contribution is 1.24. The summed E-state index contributed by atoms with van der Waals surface area (Å²) in [5.74, 6) is 0.224. The van der Waals surface area contributed by atoms with Crippen LogP contribution in [0.1, 0.15) is 11.1 Å². The van der Waals surface area contributed by atoms with E-state index >= 15 is 0 Å². The van der Waals surface area contributed by atoms with E-state index in [-0.39, 0.29) is 5.82 Å². The Bertz CT molecular complexity index is 864. The van der Waals surface area contributed by atoms with E-state index in [1.54, 1.807) is 6.20 Å². The molecule has 0 saturated carbocycles. The molecule has 0 saturated heterocycles. The molecule has 106 valence electrons. The minimum atomic E-state index is 0.224. The Balaban J connectivity index is 2.25. The predicted molar refractivity (Wildman–Crippen MR) is 86.8 cm³/mol. The van der Waals surface area contributed by atoms with Crippen molar-refractivity contribution in [3.8, 4) is 28.6 Å². The SMILES string of the molecule is Cc1cccc(-c2cc(-c3ccccn3)nc(N)c2C#N)c1. The molecule has 3 aromatic rings. The molecule has 0 bridgehead atoms. The predicted octanol–water partition coefficient (Wildman–Crippen LogP) is 3.57. The lowest BCUT2D eigenvalue weighted by Crippen LogP contribution is -2.00. The van der Waals surface area contributed by atoms with E-state index in [0.717, 1.165) is 22.4 Å². The molecule has 22 heavy (non-hydrogen) atoms. The van der Waals surface area contributed by atoms with Gasteiger partial charge in [-0.05, 0) is 30.7 Å². The molecule has 2 N–H and O–H groups in total. The first-order chi connectivity index (χ1) is 10.7. The maximum absolute atomic E-state index is 9.41. The van der Waals surface area contributed by atoms with Gasteiger partial charge in [-0.2, -0.15) is 5.26 Å². The monoisotopic (exact) mass is 286 g/mol. The molecule has 0 radical (unpaired) electrons. The third kappa shape index (κ3) is 2.52. The number of pyridine rings is 2. The average molecular weight is 286 g/mol. The second-order valence-electron chi connectivity index (χ2n) is 5.01. The van der Waals surface area contributed by atoms with Gasteiger partial charge < -0.3 is 5.73 Å². The molecule has 0 fully saturated rings. The van der Waals surface area contributed by atoms with Crippen molar-refractivity contribution in [1.29, 1.82) is 5.26 Å². The number of nitrogens with two attached hydrogens (primary N) is 1. The van der Waals surface area contributed by atoms with Crippen LogP contribution in [0.4, 0.5) is 5.82 Å². The lowest BCUT2D eigenvalue weighted by atomic mass is 9.98. The number of nitriles is 1. The number of aryl methyl sites for hydroxylation is 1. The third-order valence-electron chi connectivity index (χ3n) is 3.42. The number of nitrogen functional groups attached to an aromatic ring is 1. The molecule has 0 spiro atoms. The van der Waals surface area contributed by atoms with E-state index in [1.807, 2.05) is 55.5 Å². The lowest BCUT2D eigenvalue weighted by Gasteiger charge is -2.10. The van der Waals surface area contributed by atoms with Crippen LogP contribution >= 0.6 is 0 Å². The first-order valence-electron chi connectivity index (χ1n) is 6.88. The zero-order valence-corrected chi connectivity index (χ0v) is 12.1. The highest BCUT2D eigenvalue weighted by Crippen LogP contribution is 2.30. The molecule has 2 heterocycles. The molecule has 3 rings (SSSR count). The highest BCUT2D eigenvalue weighted by atomic mass is 14.9. The molecule has 4 heteroatoms. The number of aromatic nitrogens is 2. The van der Waals surface area contributed by atoms with Crippen molar-refractivity contribution in [1.82, 2.24) is 9.97 Å². The van der Waals surface area contributed by atoms with Crippen molar-refractivity contribution in [3.63, 3.8) is 0 Å². The number of hydrogen-bond donors (Lipinski definition) is 1. The van der Waals surface area contributed by atoms with Gasteiger partial charge in [0.25, 0.3) is 0 Å². The van der Waals surface area contributed by atoms with Crippen LogP contribution in [0.15, 0.2) is 54.7 Å². The zero-order valence-electron chi connectivity index (χ0n) is 12.1. The van der Waals surface area contributed by atoms with Gasteiger partial charge in [-0.25, -0.2) is 4.98 Å². The molecule has 1 aromatic carbocycles. The minimum absolute atomic E-state index is 0.224. The Morgan fingerprint density at radius 1 is 1.05 bits per heavy atom. The Hall–Kier alpha value is -3.19. The first kappa shape index (κ1) is 13.8. The van der Waals surface area contributed by atoms with Gasteiger partial charge in [0, 0.05) is 11.8 Å². The highest BCUT2D eigenvalue weighted by Gasteiger charge is 2.13. The van der Waals surface area contributed by atoms with Crippen molar-refractivity contribution in [3.05, 3.63) is 65.9 Å². The van der Waals surface area contributed by atoms with Gasteiger partial charge in [0.1, 0.15) is 17.5 Å². The van der Waals surface area contributed by atoms with E-state index in [1.165, 1.54) is 0 Å². The number of benzene rings is 1. The molecule has 0 atom stereocenters. The molecule has 0 aliphatic rings. The van der Waals surface area contributed by atoms with E-state index in [0.29, 0.717) is 11.3 Å². The van der Waals surface area contributed by atoms with Gasteiger partial charge >= 0.3 is 0 Å². The van der Waals surface area contributed by atoms with Gasteiger partial charge in [0.15, 0.2) is 0 Å². The minimum Gasteiger partial charge on any atom is -0.383 e. The molecular formula is C18H14N4. The fourth-order valence-corrected chi connectivity index (χ4v) is 2.37. The summed E-state index contributed by atoms with van der Waals surface area (Å²) in [7, 11) is 0. The normalized spacial score (nSPS) is 10.2. The Morgan fingerprint density at radius 2 is 1.91 bits per heavy atom. The molecule has 0 amide bonds. The van der Waals surface area contributed by atoms with Crippen LogP contribution in [0, 0.1) is 18.3 Å². The average Bonchev–Trinajstić information content (AvgIpc) is 2.55. The second kappa shape index (κ2) is 5.66. The Kier molecular flexibility index (Phi) is 3.55. The zero-order chi connectivity index (χ0) is 15.5. The van der Waals surface area contributed by atoms with Crippen molar-refractivity contribution in [2.75, 3.05) is 5.73 Å². The number of hydrogen-bond acceptors (Lipinski definition) is 4. The second-order valence-corrected chi connectivity index (χ2v) is 5.01. The number of anilines is 1. The van der Waals surface area contributed by atoms with Gasteiger partial charge in [-0.15, -0.1) is 0 Å². The van der Waals surface area contributed by atoms with Crippen molar-refractivity contribution in [2.45, 2.75) is 6.92 Å². The van der Waals surface area contributed by atoms with Crippen LogP contribution in [-0.2, 0) is 0 Å². The molecule has 0 aliphatic heterocycles. The van der Waals surface area contributed by atoms with Gasteiger partial charge in [-0.1, -0.05) is 35.9 Å². The summed E-state index contributed by atoms with van der Waals surface area (Å²) in [4.78, 5) is 8.61. The van der Waals surface area contributed by atoms with Gasteiger partial charge in [0.2, 0.25) is 0 Å². The molecule has 4 nitrogen and oxygen atoms in total. The van der Waals surface area contributed by atoms with Gasteiger partial charge in [-0.3, -0.25) is 4.98 Å². The number of rotatable bonds is 2. The fraction of sp³-hybridized carbons (Fsp3) is 0.0556. The van der Waals surface area contributed by atoms with E-state index in [9.17, 15) is 5.26 Å². The molecular weight excluding hydrogens is 272 g/mol. The molecule has 0 unspecified atom stereocenters. The van der Waals surface area contributed by atoms with E-state index < -0.39 is 0 Å². The maximum Gasteiger partial charge on any atom is 0.142 e. The first-order valence-corrected chi connectivity index (χ1v) is 6.88. The van der Waals surface area contributed by atoms with Crippen LogP contribution < -0.4 is 5.73 Å². The summed E-state index contributed by atoms with van der Waals surface area (Å²) in [6.45, 7) is 2.01. The summed E-state index contributed by atoms with van der Waals surface area (Å²) >= 11 is 0. The molecule has 0 aliphatic carbocycles. The van der Waals surface area contributed by atoms with Crippen LogP contribution in [0.25, 0.3) is 22.5 Å². The Labute approximate surface area is 128 Å². The smallest absolute Gasteiger partial charge is 0.142 e. The number of nitrogens with zero attached hydrogens (tertiary/aromatic N) is 3. The standard InChI is InChI=1S/C18H14N4/c1-12-5-4-6-13(9-12)14-10-17(16-7-2-3-8-21-16)22-18(20)15(14)11-19/h2-10H,1H3,(H2,20,22). The largest absolute Gasteiger partial charge is 0.383 e.